The Morgan fingerprint density at radius 1 is 1.33 bits per heavy atom. The van der Waals surface area contributed by atoms with Crippen LogP contribution >= 0.6 is 11.5 Å². The predicted molar refractivity (Wildman–Crippen MR) is 85.2 cm³/mol. The summed E-state index contributed by atoms with van der Waals surface area (Å²) in [5.41, 5.74) is 11.0. The molecular weight excluding hydrogens is 312 g/mol. The van der Waals surface area contributed by atoms with Gasteiger partial charge in [-0.2, -0.15) is 4.37 Å². The third-order valence-corrected chi connectivity index (χ3v) is 5.88. The van der Waals surface area contributed by atoms with Crippen molar-refractivity contribution in [3.63, 3.8) is 0 Å². The molecule has 0 bridgehead atoms. The number of amides is 1. The van der Waals surface area contributed by atoms with Gasteiger partial charge in [0.15, 0.2) is 15.7 Å². The second-order valence-electron chi connectivity index (χ2n) is 4.76. The SMILES string of the molecule is CCCCN(CC(N)=O)c1snc(N)c1S(=O)(=O)CCC. The van der Waals surface area contributed by atoms with Crippen LogP contribution in [0, 0.1) is 0 Å². The summed E-state index contributed by atoms with van der Waals surface area (Å²) in [5.74, 6) is -0.521. The molecule has 1 aromatic heterocycles. The molecule has 7 nitrogen and oxygen atoms in total. The number of sulfone groups is 1. The summed E-state index contributed by atoms with van der Waals surface area (Å²) in [6, 6.07) is 0. The first-order valence-corrected chi connectivity index (χ1v) is 9.27. The lowest BCUT2D eigenvalue weighted by molar-refractivity contribution is -0.116. The van der Waals surface area contributed by atoms with Crippen molar-refractivity contribution in [2.75, 3.05) is 29.5 Å². The third-order valence-electron chi connectivity index (χ3n) is 2.86. The molecule has 4 N–H and O–H groups in total. The van der Waals surface area contributed by atoms with E-state index in [-0.39, 0.29) is 23.0 Å². The van der Waals surface area contributed by atoms with Crippen molar-refractivity contribution in [1.29, 1.82) is 0 Å². The van der Waals surface area contributed by atoms with Crippen LogP contribution in [0.5, 0.6) is 0 Å². The summed E-state index contributed by atoms with van der Waals surface area (Å²) in [4.78, 5) is 12.9. The van der Waals surface area contributed by atoms with Crippen LogP contribution in [0.15, 0.2) is 4.90 Å². The molecule has 0 saturated heterocycles. The molecule has 120 valence electrons. The van der Waals surface area contributed by atoms with Crippen LogP contribution in [0.2, 0.25) is 0 Å². The van der Waals surface area contributed by atoms with Crippen LogP contribution in [0.1, 0.15) is 33.1 Å². The van der Waals surface area contributed by atoms with Crippen molar-refractivity contribution in [2.45, 2.75) is 38.0 Å². The molecule has 0 aliphatic carbocycles. The molecule has 0 unspecified atom stereocenters. The molecule has 1 amide bonds. The summed E-state index contributed by atoms with van der Waals surface area (Å²) in [7, 11) is -3.51. The van der Waals surface area contributed by atoms with Crippen molar-refractivity contribution in [2.24, 2.45) is 5.73 Å². The van der Waals surface area contributed by atoms with E-state index >= 15 is 0 Å². The van der Waals surface area contributed by atoms with Crippen molar-refractivity contribution < 1.29 is 13.2 Å². The molecule has 1 rings (SSSR count). The Bertz CT molecular complexity index is 583. The van der Waals surface area contributed by atoms with Crippen LogP contribution < -0.4 is 16.4 Å². The first-order chi connectivity index (χ1) is 9.83. The maximum Gasteiger partial charge on any atom is 0.236 e. The number of nitrogen functional groups attached to an aromatic ring is 1. The Hall–Kier alpha value is -1.35. The Labute approximate surface area is 129 Å². The second-order valence-corrected chi connectivity index (χ2v) is 7.56. The Morgan fingerprint density at radius 2 is 2.00 bits per heavy atom. The minimum atomic E-state index is -3.51. The van der Waals surface area contributed by atoms with Crippen LogP contribution in [-0.2, 0) is 14.6 Å². The van der Waals surface area contributed by atoms with Gasteiger partial charge in [0.25, 0.3) is 0 Å². The van der Waals surface area contributed by atoms with Crippen LogP contribution in [0.25, 0.3) is 0 Å². The highest BCUT2D eigenvalue weighted by molar-refractivity contribution is 7.91. The van der Waals surface area contributed by atoms with Crippen molar-refractivity contribution >= 4 is 38.1 Å². The number of nitrogens with two attached hydrogens (primary N) is 2. The maximum absolute atomic E-state index is 12.3. The first kappa shape index (κ1) is 17.7. The van der Waals surface area contributed by atoms with Crippen molar-refractivity contribution in [3.8, 4) is 0 Å². The Morgan fingerprint density at radius 3 is 2.52 bits per heavy atom. The van der Waals surface area contributed by atoms with Crippen molar-refractivity contribution in [1.82, 2.24) is 4.37 Å². The number of hydrogen-bond donors (Lipinski definition) is 2. The van der Waals surface area contributed by atoms with E-state index in [1.54, 1.807) is 11.8 Å². The van der Waals surface area contributed by atoms with E-state index in [0.29, 0.717) is 18.0 Å². The third kappa shape index (κ3) is 4.57. The predicted octanol–water partition coefficient (Wildman–Crippen LogP) is 1.00. The van der Waals surface area contributed by atoms with Gasteiger partial charge in [-0.15, -0.1) is 0 Å². The number of anilines is 2. The van der Waals surface area contributed by atoms with Gasteiger partial charge >= 0.3 is 0 Å². The minimum Gasteiger partial charge on any atom is -0.382 e. The van der Waals surface area contributed by atoms with Gasteiger partial charge in [0, 0.05) is 6.54 Å². The molecule has 0 saturated carbocycles. The highest BCUT2D eigenvalue weighted by Gasteiger charge is 2.28. The van der Waals surface area contributed by atoms with E-state index in [4.69, 9.17) is 11.5 Å². The highest BCUT2D eigenvalue weighted by Crippen LogP contribution is 2.35. The van der Waals surface area contributed by atoms with Gasteiger partial charge in [-0.3, -0.25) is 4.79 Å². The molecule has 0 radical (unpaired) electrons. The number of unbranched alkanes of at least 4 members (excludes halogenated alkanes) is 1. The van der Waals surface area contributed by atoms with E-state index in [0.717, 1.165) is 24.4 Å². The zero-order chi connectivity index (χ0) is 16.0. The molecule has 9 heteroatoms. The Balaban J connectivity index is 3.23. The monoisotopic (exact) mass is 334 g/mol. The largest absolute Gasteiger partial charge is 0.382 e. The molecule has 0 spiro atoms. The number of hydrogen-bond acceptors (Lipinski definition) is 7. The van der Waals surface area contributed by atoms with Gasteiger partial charge in [-0.25, -0.2) is 8.42 Å². The van der Waals surface area contributed by atoms with Crippen LogP contribution in [0.3, 0.4) is 0 Å². The lowest BCUT2D eigenvalue weighted by Gasteiger charge is -2.22. The van der Waals surface area contributed by atoms with E-state index in [1.807, 2.05) is 6.92 Å². The first-order valence-electron chi connectivity index (χ1n) is 6.84. The number of carbonyl (C=O) groups excluding carboxylic acids is 1. The summed E-state index contributed by atoms with van der Waals surface area (Å²) < 4.78 is 28.6. The number of aromatic nitrogens is 1. The van der Waals surface area contributed by atoms with Gasteiger partial charge in [0.05, 0.1) is 12.3 Å². The topological polar surface area (TPSA) is 119 Å². The average Bonchev–Trinajstić information content (AvgIpc) is 2.76. The fraction of sp³-hybridized carbons (Fsp3) is 0.667. The molecular formula is C12H22N4O3S2. The molecule has 1 heterocycles. The summed E-state index contributed by atoms with van der Waals surface area (Å²) in [6.07, 6.45) is 2.22. The molecule has 1 aromatic rings. The quantitative estimate of drug-likeness (QED) is 0.695. The summed E-state index contributed by atoms with van der Waals surface area (Å²) >= 11 is 0.993. The average molecular weight is 334 g/mol. The van der Waals surface area contributed by atoms with Gasteiger partial charge in [-0.05, 0) is 24.4 Å². The zero-order valence-corrected chi connectivity index (χ0v) is 14.0. The fourth-order valence-corrected chi connectivity index (χ4v) is 4.73. The van der Waals surface area contributed by atoms with Crippen LogP contribution in [0.4, 0.5) is 10.8 Å². The van der Waals surface area contributed by atoms with Gasteiger partial charge < -0.3 is 16.4 Å². The molecule has 0 aliphatic rings. The van der Waals surface area contributed by atoms with Crippen molar-refractivity contribution in [3.05, 3.63) is 0 Å². The molecule has 0 aliphatic heterocycles. The smallest absolute Gasteiger partial charge is 0.236 e. The standard InChI is InChI=1S/C12H22N4O3S2/c1-3-5-6-16(8-9(13)17)12-10(11(14)15-20-12)21(18,19)7-4-2/h3-8H2,1-2H3,(H2,13,17)(H2,14,15). The lowest BCUT2D eigenvalue weighted by Crippen LogP contribution is -2.34. The minimum absolute atomic E-state index is 0.000796. The number of rotatable bonds is 9. The van der Waals surface area contributed by atoms with Gasteiger partial charge in [0.2, 0.25) is 5.91 Å². The van der Waals surface area contributed by atoms with Gasteiger partial charge in [0.1, 0.15) is 9.90 Å². The zero-order valence-electron chi connectivity index (χ0n) is 12.3. The van der Waals surface area contributed by atoms with E-state index in [2.05, 4.69) is 4.37 Å². The number of nitrogens with zero attached hydrogens (tertiary/aromatic N) is 2. The normalized spacial score (nSPS) is 11.5. The summed E-state index contributed by atoms with van der Waals surface area (Å²) in [6.45, 7) is 4.29. The summed E-state index contributed by atoms with van der Waals surface area (Å²) in [5, 5.41) is 0.410. The molecule has 0 atom stereocenters. The molecule has 0 aromatic carbocycles. The van der Waals surface area contributed by atoms with Crippen LogP contribution in [-0.4, -0.2) is 37.5 Å². The van der Waals surface area contributed by atoms with E-state index in [1.165, 1.54) is 0 Å². The number of carbonyl (C=O) groups is 1. The van der Waals surface area contributed by atoms with E-state index in [9.17, 15) is 13.2 Å². The lowest BCUT2D eigenvalue weighted by atomic mass is 10.3. The number of primary amides is 1. The van der Waals surface area contributed by atoms with E-state index < -0.39 is 15.7 Å². The fourth-order valence-electron chi connectivity index (χ4n) is 1.94. The Kier molecular flexibility index (Phi) is 6.41. The maximum atomic E-state index is 12.3. The van der Waals surface area contributed by atoms with Gasteiger partial charge in [-0.1, -0.05) is 20.3 Å². The second kappa shape index (κ2) is 7.60. The highest BCUT2D eigenvalue weighted by atomic mass is 32.2. The molecule has 0 fully saturated rings. The molecule has 21 heavy (non-hydrogen) atoms.